The lowest BCUT2D eigenvalue weighted by Crippen LogP contribution is -2.21. The summed E-state index contributed by atoms with van der Waals surface area (Å²) in [5.74, 6) is -1.33. The van der Waals surface area contributed by atoms with E-state index in [9.17, 15) is 14.9 Å². The molecule has 10 heteroatoms. The van der Waals surface area contributed by atoms with Crippen molar-refractivity contribution in [3.05, 3.63) is 44.3 Å². The maximum Gasteiger partial charge on any atom is 0.390 e. The molecule has 0 aromatic carbocycles. The number of oxime groups is 1. The van der Waals surface area contributed by atoms with E-state index in [0.717, 1.165) is 0 Å². The van der Waals surface area contributed by atoms with Gasteiger partial charge in [0.15, 0.2) is 5.84 Å². The maximum absolute atomic E-state index is 11.9. The quantitative estimate of drug-likeness (QED) is 0.281. The van der Waals surface area contributed by atoms with Crippen LogP contribution in [0.1, 0.15) is 17.5 Å². The van der Waals surface area contributed by atoms with E-state index in [1.807, 2.05) is 5.38 Å². The summed E-state index contributed by atoms with van der Waals surface area (Å²) < 4.78 is 1.39. The number of nitrogens with two attached hydrogens (primary N) is 1. The molecule has 2 aromatic rings. The fourth-order valence-corrected chi connectivity index (χ4v) is 2.37. The number of hydrogen-bond acceptors (Lipinski definition) is 7. The topological polar surface area (TPSA) is 126 Å². The van der Waals surface area contributed by atoms with Gasteiger partial charge in [-0.2, -0.15) is 4.68 Å². The van der Waals surface area contributed by atoms with Gasteiger partial charge in [-0.3, -0.25) is 0 Å². The normalized spacial score (nSPS) is 12.9. The van der Waals surface area contributed by atoms with Crippen LogP contribution in [0.4, 0.5) is 5.82 Å². The molecule has 0 bridgehead atoms. The fourth-order valence-electron chi connectivity index (χ4n) is 1.75. The highest BCUT2D eigenvalue weighted by Crippen LogP contribution is 2.14. The number of rotatable bonds is 6. The van der Waals surface area contributed by atoms with E-state index in [0.29, 0.717) is 10.6 Å². The first kappa shape index (κ1) is 16.6. The Bertz CT molecular complexity index is 738. The van der Waals surface area contributed by atoms with Crippen LogP contribution in [0.2, 0.25) is 0 Å². The molecule has 0 aliphatic rings. The van der Waals surface area contributed by atoms with Crippen LogP contribution in [0.15, 0.2) is 28.7 Å². The van der Waals surface area contributed by atoms with E-state index in [4.69, 9.17) is 10.6 Å². The lowest BCUT2D eigenvalue weighted by molar-refractivity contribution is -0.389. The molecule has 0 amide bonds. The summed E-state index contributed by atoms with van der Waals surface area (Å²) in [6.45, 7) is 3.43. The molecular formula is C13H15N5O4S. The first-order valence-corrected chi connectivity index (χ1v) is 7.53. The van der Waals surface area contributed by atoms with Gasteiger partial charge in [0.05, 0.1) is 34.2 Å². The Morgan fingerprint density at radius 1 is 1.65 bits per heavy atom. The molecule has 1 unspecified atom stereocenters. The molecule has 0 aliphatic heterocycles. The van der Waals surface area contributed by atoms with E-state index in [-0.39, 0.29) is 18.2 Å². The molecule has 2 aromatic heterocycles. The molecule has 1 atom stereocenters. The first-order valence-electron chi connectivity index (χ1n) is 6.65. The number of aromatic nitrogens is 2. The van der Waals surface area contributed by atoms with Crippen LogP contribution < -0.4 is 5.73 Å². The van der Waals surface area contributed by atoms with Crippen molar-refractivity contribution < 1.29 is 14.6 Å². The van der Waals surface area contributed by atoms with Crippen LogP contribution in [-0.2, 0) is 16.2 Å². The summed E-state index contributed by atoms with van der Waals surface area (Å²) in [6.07, 6.45) is 0. The number of thiophene rings is 1. The minimum absolute atomic E-state index is 0.117. The number of carbonyl (C=O) groups is 1. The van der Waals surface area contributed by atoms with Crippen molar-refractivity contribution >= 4 is 29.0 Å². The van der Waals surface area contributed by atoms with Crippen molar-refractivity contribution in [3.8, 4) is 0 Å². The first-order chi connectivity index (χ1) is 10.9. The van der Waals surface area contributed by atoms with Crippen molar-refractivity contribution in [1.29, 1.82) is 0 Å². The van der Waals surface area contributed by atoms with Gasteiger partial charge in [0.1, 0.15) is 0 Å². The van der Waals surface area contributed by atoms with E-state index in [1.165, 1.54) is 22.1 Å². The highest BCUT2D eigenvalue weighted by molar-refractivity contribution is 7.12. The second kappa shape index (κ2) is 7.01. The Hall–Kier alpha value is -2.75. The molecule has 0 aliphatic carbocycles. The van der Waals surface area contributed by atoms with Crippen molar-refractivity contribution in [2.45, 2.75) is 20.4 Å². The lowest BCUT2D eigenvalue weighted by atomic mass is 10.2. The van der Waals surface area contributed by atoms with Crippen LogP contribution >= 0.6 is 11.3 Å². The molecule has 122 valence electrons. The van der Waals surface area contributed by atoms with Crippen LogP contribution in [0.5, 0.6) is 0 Å². The highest BCUT2D eigenvalue weighted by atomic mass is 32.1. The Balaban J connectivity index is 1.97. The minimum Gasteiger partial charge on any atom is -0.380 e. The van der Waals surface area contributed by atoms with Gasteiger partial charge < -0.3 is 20.7 Å². The third kappa shape index (κ3) is 4.13. The van der Waals surface area contributed by atoms with Crippen LogP contribution in [0.3, 0.4) is 0 Å². The molecule has 2 heterocycles. The third-order valence-electron chi connectivity index (χ3n) is 3.01. The van der Waals surface area contributed by atoms with Gasteiger partial charge >= 0.3 is 11.8 Å². The number of nitrogens with zero attached hydrogens (tertiary/aromatic N) is 4. The number of carbonyl (C=O) groups excluding carboxylic acids is 1. The van der Waals surface area contributed by atoms with Gasteiger partial charge in [0.25, 0.3) is 0 Å². The maximum atomic E-state index is 11.9. The summed E-state index contributed by atoms with van der Waals surface area (Å²) in [6, 6.07) is 4.90. The second-order valence-corrected chi connectivity index (χ2v) is 5.80. The Labute approximate surface area is 135 Å². The average Bonchev–Trinajstić information content (AvgIpc) is 3.15. The largest absolute Gasteiger partial charge is 0.390 e. The molecule has 0 saturated heterocycles. The number of nitro groups is 1. The van der Waals surface area contributed by atoms with Crippen molar-refractivity contribution in [2.75, 3.05) is 0 Å². The zero-order valence-corrected chi connectivity index (χ0v) is 13.3. The molecule has 0 spiro atoms. The molecule has 0 radical (unpaired) electrons. The molecular weight excluding hydrogens is 322 g/mol. The van der Waals surface area contributed by atoms with Crippen LogP contribution in [-0.4, -0.2) is 26.5 Å². The van der Waals surface area contributed by atoms with Crippen LogP contribution in [0.25, 0.3) is 0 Å². The SMILES string of the molecule is Cc1cc([N+](=O)[O-])nn1CC(C)C(=O)O/N=C(\N)c1cccs1. The average molecular weight is 337 g/mol. The predicted octanol–water partition coefficient (Wildman–Crippen LogP) is 1.66. The Kier molecular flexibility index (Phi) is 5.06. The zero-order chi connectivity index (χ0) is 17.0. The smallest absolute Gasteiger partial charge is 0.380 e. The number of aryl methyl sites for hydroxylation is 1. The molecule has 2 N–H and O–H groups in total. The monoisotopic (exact) mass is 337 g/mol. The van der Waals surface area contributed by atoms with Gasteiger partial charge in [0.2, 0.25) is 0 Å². The fraction of sp³-hybridized carbons (Fsp3) is 0.308. The second-order valence-electron chi connectivity index (χ2n) is 4.85. The molecule has 2 rings (SSSR count). The minimum atomic E-state index is -0.595. The molecule has 0 fully saturated rings. The van der Waals surface area contributed by atoms with E-state index < -0.39 is 16.8 Å². The van der Waals surface area contributed by atoms with Gasteiger partial charge in [-0.25, -0.2) is 4.79 Å². The zero-order valence-electron chi connectivity index (χ0n) is 12.5. The Morgan fingerprint density at radius 3 is 2.96 bits per heavy atom. The predicted molar refractivity (Wildman–Crippen MR) is 83.9 cm³/mol. The highest BCUT2D eigenvalue weighted by Gasteiger charge is 2.22. The summed E-state index contributed by atoms with van der Waals surface area (Å²) in [5.41, 5.74) is 6.27. The third-order valence-corrected chi connectivity index (χ3v) is 3.90. The Morgan fingerprint density at radius 2 is 2.39 bits per heavy atom. The molecule has 23 heavy (non-hydrogen) atoms. The van der Waals surface area contributed by atoms with Gasteiger partial charge in [0, 0.05) is 0 Å². The van der Waals surface area contributed by atoms with Crippen molar-refractivity contribution in [1.82, 2.24) is 9.78 Å². The standard InChI is InChI=1S/C13H15N5O4S/c1-8(7-17-9(2)6-11(15-17)18(20)21)13(19)22-16-12(14)10-4-3-5-23-10/h3-6,8H,7H2,1-2H3,(H2,14,16). The number of amidine groups is 1. The van der Waals surface area contributed by atoms with E-state index >= 15 is 0 Å². The summed E-state index contributed by atoms with van der Waals surface area (Å²) in [4.78, 5) is 27.5. The van der Waals surface area contributed by atoms with Crippen molar-refractivity contribution in [3.63, 3.8) is 0 Å². The molecule has 9 nitrogen and oxygen atoms in total. The van der Waals surface area contributed by atoms with Crippen molar-refractivity contribution in [2.24, 2.45) is 16.8 Å². The van der Waals surface area contributed by atoms with Gasteiger partial charge in [-0.15, -0.1) is 11.3 Å². The van der Waals surface area contributed by atoms with Gasteiger partial charge in [-0.1, -0.05) is 11.2 Å². The summed E-state index contributed by atoms with van der Waals surface area (Å²) >= 11 is 1.38. The van der Waals surface area contributed by atoms with E-state index in [1.54, 1.807) is 26.0 Å². The van der Waals surface area contributed by atoms with Gasteiger partial charge in [-0.05, 0) is 30.2 Å². The summed E-state index contributed by atoms with van der Waals surface area (Å²) in [7, 11) is 0. The lowest BCUT2D eigenvalue weighted by Gasteiger charge is -2.07. The van der Waals surface area contributed by atoms with Crippen LogP contribution in [0, 0.1) is 23.0 Å². The number of hydrogen-bond donors (Lipinski definition) is 1. The molecule has 0 saturated carbocycles. The van der Waals surface area contributed by atoms with E-state index in [2.05, 4.69) is 10.3 Å². The summed E-state index contributed by atoms with van der Waals surface area (Å²) in [5, 5.41) is 19.9.